The molecule has 0 aliphatic carbocycles. The van der Waals surface area contributed by atoms with Crippen LogP contribution in [0.5, 0.6) is 0 Å². The van der Waals surface area contributed by atoms with Crippen molar-refractivity contribution in [3.05, 3.63) is 5.01 Å². The largest absolute Gasteiger partial charge is 0.301 e. The van der Waals surface area contributed by atoms with Crippen LogP contribution in [0.4, 0.5) is 5.13 Å². The Labute approximate surface area is 190 Å². The molecule has 0 aliphatic heterocycles. The van der Waals surface area contributed by atoms with Gasteiger partial charge in [-0.1, -0.05) is 128 Å². The number of aryl methyl sites for hydroxylation is 1. The van der Waals surface area contributed by atoms with E-state index in [1.807, 2.05) is 0 Å². The van der Waals surface area contributed by atoms with Crippen molar-refractivity contribution in [3.63, 3.8) is 0 Å². The molecule has 0 aliphatic rings. The maximum Gasteiger partial charge on any atom is 0.226 e. The van der Waals surface area contributed by atoms with Gasteiger partial charge in [-0.15, -0.1) is 10.2 Å². The van der Waals surface area contributed by atoms with Crippen molar-refractivity contribution in [3.8, 4) is 0 Å². The van der Waals surface area contributed by atoms with Crippen LogP contribution in [-0.2, 0) is 11.2 Å². The lowest BCUT2D eigenvalue weighted by Gasteiger charge is -2.02. The zero-order chi connectivity index (χ0) is 21.7. The molecule has 0 saturated carbocycles. The first kappa shape index (κ1) is 27.1. The van der Waals surface area contributed by atoms with E-state index in [0.717, 1.165) is 24.3 Å². The van der Waals surface area contributed by atoms with Gasteiger partial charge in [-0.3, -0.25) is 4.79 Å². The molecular weight excluding hydrogens is 390 g/mol. The molecule has 1 aromatic rings. The van der Waals surface area contributed by atoms with Gasteiger partial charge in [-0.25, -0.2) is 0 Å². The second kappa shape index (κ2) is 20.0. The second-order valence-electron chi connectivity index (χ2n) is 8.71. The third-order valence-corrected chi connectivity index (χ3v) is 6.61. The summed E-state index contributed by atoms with van der Waals surface area (Å²) >= 11 is 1.54. The molecule has 0 unspecified atom stereocenters. The number of nitrogens with one attached hydrogen (secondary N) is 1. The van der Waals surface area contributed by atoms with Crippen molar-refractivity contribution < 1.29 is 4.79 Å². The van der Waals surface area contributed by atoms with Crippen molar-refractivity contribution in [2.75, 3.05) is 5.32 Å². The van der Waals surface area contributed by atoms with E-state index in [1.54, 1.807) is 11.3 Å². The van der Waals surface area contributed by atoms with Crippen LogP contribution in [0.25, 0.3) is 0 Å². The molecule has 0 saturated heterocycles. The van der Waals surface area contributed by atoms with E-state index >= 15 is 0 Å². The van der Waals surface area contributed by atoms with E-state index in [-0.39, 0.29) is 5.91 Å². The number of rotatable bonds is 21. The van der Waals surface area contributed by atoms with Crippen molar-refractivity contribution in [2.24, 2.45) is 0 Å². The summed E-state index contributed by atoms with van der Waals surface area (Å²) in [5.74, 6) is 0.0868. The monoisotopic (exact) mass is 437 g/mol. The highest BCUT2D eigenvalue weighted by Crippen LogP contribution is 2.19. The Morgan fingerprint density at radius 1 is 0.667 bits per heavy atom. The fraction of sp³-hybridized carbons (Fsp3) is 0.880. The van der Waals surface area contributed by atoms with E-state index in [0.29, 0.717) is 11.6 Å². The predicted molar refractivity (Wildman–Crippen MR) is 131 cm³/mol. The lowest BCUT2D eigenvalue weighted by atomic mass is 10.1. The van der Waals surface area contributed by atoms with E-state index in [2.05, 4.69) is 29.4 Å². The summed E-state index contributed by atoms with van der Waals surface area (Å²) in [6, 6.07) is 0. The van der Waals surface area contributed by atoms with Crippen molar-refractivity contribution in [2.45, 2.75) is 142 Å². The second-order valence-corrected chi connectivity index (χ2v) is 9.77. The Morgan fingerprint density at radius 2 is 1.13 bits per heavy atom. The molecular formula is C25H47N3OS. The standard InChI is InChI=1S/C25H47N3OS/c1-3-5-7-9-11-13-15-17-19-21-23(29)26-25-28-27-24(30-25)22-20-18-16-14-12-10-8-6-4-2/h3-22H2,1-2H3,(H,26,28,29). The summed E-state index contributed by atoms with van der Waals surface area (Å²) in [5, 5.41) is 13.0. The number of unbranched alkanes of at least 4 members (excludes halogenated alkanes) is 16. The predicted octanol–water partition coefficient (Wildman–Crippen LogP) is 8.47. The summed E-state index contributed by atoms with van der Waals surface area (Å²) in [6.45, 7) is 4.52. The van der Waals surface area contributed by atoms with Crippen molar-refractivity contribution in [1.29, 1.82) is 0 Å². The lowest BCUT2D eigenvalue weighted by molar-refractivity contribution is -0.116. The van der Waals surface area contributed by atoms with Crippen LogP contribution in [0.3, 0.4) is 0 Å². The zero-order valence-corrected chi connectivity index (χ0v) is 20.7. The van der Waals surface area contributed by atoms with Gasteiger partial charge in [-0.2, -0.15) is 0 Å². The van der Waals surface area contributed by atoms with E-state index < -0.39 is 0 Å². The number of amides is 1. The van der Waals surface area contributed by atoms with Gasteiger partial charge in [0.25, 0.3) is 0 Å². The minimum atomic E-state index is 0.0868. The molecule has 5 heteroatoms. The molecule has 0 atom stereocenters. The fourth-order valence-corrected chi connectivity index (χ4v) is 4.57. The SMILES string of the molecule is CCCCCCCCCCCC(=O)Nc1nnc(CCCCCCCCCCC)s1. The Balaban J connectivity index is 1.97. The van der Waals surface area contributed by atoms with E-state index in [9.17, 15) is 4.79 Å². The number of nitrogens with zero attached hydrogens (tertiary/aromatic N) is 2. The van der Waals surface area contributed by atoms with Crippen molar-refractivity contribution in [1.82, 2.24) is 10.2 Å². The van der Waals surface area contributed by atoms with Gasteiger partial charge in [0.05, 0.1) is 0 Å². The summed E-state index contributed by atoms with van der Waals surface area (Å²) < 4.78 is 0. The molecule has 0 aromatic carbocycles. The summed E-state index contributed by atoms with van der Waals surface area (Å²) in [4.78, 5) is 12.1. The van der Waals surface area contributed by atoms with Crippen LogP contribution in [0, 0.1) is 0 Å². The number of hydrogen-bond acceptors (Lipinski definition) is 4. The molecule has 1 N–H and O–H groups in total. The van der Waals surface area contributed by atoms with Crippen LogP contribution in [0.2, 0.25) is 0 Å². The molecule has 1 aromatic heterocycles. The molecule has 0 bridgehead atoms. The fourth-order valence-electron chi connectivity index (χ4n) is 3.77. The number of hydrogen-bond donors (Lipinski definition) is 1. The number of anilines is 1. The third-order valence-electron chi connectivity index (χ3n) is 5.71. The molecule has 0 fully saturated rings. The van der Waals surface area contributed by atoms with Gasteiger partial charge in [0.2, 0.25) is 11.0 Å². The lowest BCUT2D eigenvalue weighted by Crippen LogP contribution is -2.10. The highest BCUT2D eigenvalue weighted by atomic mass is 32.1. The van der Waals surface area contributed by atoms with Crippen LogP contribution < -0.4 is 5.32 Å². The minimum Gasteiger partial charge on any atom is -0.301 e. The zero-order valence-electron chi connectivity index (χ0n) is 19.9. The third kappa shape index (κ3) is 15.8. The maximum absolute atomic E-state index is 12.1. The van der Waals surface area contributed by atoms with Crippen LogP contribution in [0.15, 0.2) is 0 Å². The highest BCUT2D eigenvalue weighted by molar-refractivity contribution is 7.15. The molecule has 174 valence electrons. The molecule has 30 heavy (non-hydrogen) atoms. The first-order chi connectivity index (χ1) is 14.8. The Morgan fingerprint density at radius 3 is 1.67 bits per heavy atom. The van der Waals surface area contributed by atoms with Crippen LogP contribution in [-0.4, -0.2) is 16.1 Å². The van der Waals surface area contributed by atoms with Gasteiger partial charge < -0.3 is 5.32 Å². The molecule has 1 heterocycles. The molecule has 0 spiro atoms. The Hall–Kier alpha value is -0.970. The normalized spacial score (nSPS) is 11.1. The maximum atomic E-state index is 12.1. The van der Waals surface area contributed by atoms with Gasteiger partial charge in [0.15, 0.2) is 0 Å². The minimum absolute atomic E-state index is 0.0868. The molecule has 0 radical (unpaired) electrons. The average Bonchev–Trinajstić information content (AvgIpc) is 3.18. The summed E-state index contributed by atoms with van der Waals surface area (Å²) in [7, 11) is 0. The first-order valence-electron chi connectivity index (χ1n) is 12.9. The van der Waals surface area contributed by atoms with E-state index in [1.165, 1.54) is 103 Å². The number of carbonyl (C=O) groups is 1. The smallest absolute Gasteiger partial charge is 0.226 e. The molecule has 1 rings (SSSR count). The van der Waals surface area contributed by atoms with Crippen LogP contribution >= 0.6 is 11.3 Å². The Bertz CT molecular complexity index is 518. The van der Waals surface area contributed by atoms with Gasteiger partial charge >= 0.3 is 0 Å². The number of aromatic nitrogens is 2. The Kier molecular flexibility index (Phi) is 18.0. The highest BCUT2D eigenvalue weighted by Gasteiger charge is 2.08. The van der Waals surface area contributed by atoms with Gasteiger partial charge in [-0.05, 0) is 12.8 Å². The number of carbonyl (C=O) groups excluding carboxylic acids is 1. The molecule has 4 nitrogen and oxygen atoms in total. The average molecular weight is 438 g/mol. The van der Waals surface area contributed by atoms with Crippen molar-refractivity contribution >= 4 is 22.4 Å². The molecule has 1 amide bonds. The van der Waals surface area contributed by atoms with E-state index in [4.69, 9.17) is 0 Å². The van der Waals surface area contributed by atoms with Crippen LogP contribution in [0.1, 0.15) is 141 Å². The summed E-state index contributed by atoms with van der Waals surface area (Å²) in [5.41, 5.74) is 0. The first-order valence-corrected chi connectivity index (χ1v) is 13.7. The topological polar surface area (TPSA) is 54.9 Å². The summed E-state index contributed by atoms with van der Waals surface area (Å²) in [6.07, 6.45) is 25.1. The van der Waals surface area contributed by atoms with Gasteiger partial charge in [0.1, 0.15) is 5.01 Å². The van der Waals surface area contributed by atoms with Gasteiger partial charge in [0, 0.05) is 12.8 Å². The quantitative estimate of drug-likeness (QED) is 0.196.